The van der Waals surface area contributed by atoms with Crippen LogP contribution in [0.15, 0.2) is 83.5 Å². The van der Waals surface area contributed by atoms with Crippen molar-refractivity contribution in [2.24, 2.45) is 0 Å². The van der Waals surface area contributed by atoms with E-state index in [9.17, 15) is 9.59 Å². The lowest BCUT2D eigenvalue weighted by molar-refractivity contribution is -0.142. The molecule has 0 fully saturated rings. The Morgan fingerprint density at radius 1 is 0.848 bits per heavy atom. The zero-order valence-corrected chi connectivity index (χ0v) is 19.7. The van der Waals surface area contributed by atoms with E-state index >= 15 is 0 Å². The Balaban J connectivity index is 1.74. The van der Waals surface area contributed by atoms with Crippen LogP contribution >= 0.6 is 0 Å². The minimum Gasteiger partial charge on any atom is -0.467 e. The van der Waals surface area contributed by atoms with Gasteiger partial charge < -0.3 is 14.2 Å². The number of amides is 2. The fraction of sp³-hybridized carbons (Fsp3) is 0.357. The van der Waals surface area contributed by atoms with Crippen molar-refractivity contribution in [1.29, 1.82) is 0 Å². The highest BCUT2D eigenvalue weighted by atomic mass is 16.3. The molecule has 3 aromatic rings. The largest absolute Gasteiger partial charge is 0.467 e. The molecule has 0 aliphatic carbocycles. The fourth-order valence-corrected chi connectivity index (χ4v) is 4.05. The summed E-state index contributed by atoms with van der Waals surface area (Å²) in [5, 5.41) is 0. The van der Waals surface area contributed by atoms with Crippen LogP contribution < -0.4 is 0 Å². The first-order valence-corrected chi connectivity index (χ1v) is 11.8. The zero-order chi connectivity index (χ0) is 23.5. The second-order valence-electron chi connectivity index (χ2n) is 8.26. The molecule has 33 heavy (non-hydrogen) atoms. The highest BCUT2D eigenvalue weighted by Gasteiger charge is 2.27. The first kappa shape index (κ1) is 24.3. The second kappa shape index (κ2) is 12.6. The van der Waals surface area contributed by atoms with Gasteiger partial charge in [-0.05, 0) is 42.5 Å². The van der Waals surface area contributed by atoms with Gasteiger partial charge >= 0.3 is 0 Å². The summed E-state index contributed by atoms with van der Waals surface area (Å²) in [6.45, 7) is 5.64. The number of hydrogen-bond acceptors (Lipinski definition) is 3. The van der Waals surface area contributed by atoms with Crippen molar-refractivity contribution in [1.82, 2.24) is 9.80 Å². The van der Waals surface area contributed by atoms with Crippen molar-refractivity contribution in [2.45, 2.75) is 45.6 Å². The van der Waals surface area contributed by atoms with E-state index in [1.165, 1.54) is 5.56 Å². The summed E-state index contributed by atoms with van der Waals surface area (Å²) in [7, 11) is 0. The van der Waals surface area contributed by atoms with E-state index in [-0.39, 0.29) is 24.3 Å². The maximum absolute atomic E-state index is 13.5. The number of nitrogens with zero attached hydrogens (tertiary/aromatic N) is 2. The van der Waals surface area contributed by atoms with Gasteiger partial charge in [-0.15, -0.1) is 0 Å². The first-order valence-electron chi connectivity index (χ1n) is 11.8. The summed E-state index contributed by atoms with van der Waals surface area (Å²) < 4.78 is 5.51. The number of furan rings is 1. The van der Waals surface area contributed by atoms with E-state index in [2.05, 4.69) is 12.1 Å². The molecule has 0 bridgehead atoms. The van der Waals surface area contributed by atoms with Crippen LogP contribution in [0.1, 0.15) is 49.5 Å². The molecular formula is C28H34N2O3. The molecule has 1 unspecified atom stereocenters. The van der Waals surface area contributed by atoms with Crippen LogP contribution in [0.3, 0.4) is 0 Å². The third-order valence-electron chi connectivity index (χ3n) is 5.83. The van der Waals surface area contributed by atoms with Gasteiger partial charge in [0.15, 0.2) is 0 Å². The van der Waals surface area contributed by atoms with E-state index in [1.54, 1.807) is 16.1 Å². The number of carbonyl (C=O) groups is 2. The molecule has 0 saturated carbocycles. The maximum Gasteiger partial charge on any atom is 0.242 e. The van der Waals surface area contributed by atoms with Gasteiger partial charge in [0.05, 0.1) is 25.3 Å². The van der Waals surface area contributed by atoms with Crippen LogP contribution in [-0.2, 0) is 22.6 Å². The molecule has 174 valence electrons. The van der Waals surface area contributed by atoms with Crippen molar-refractivity contribution in [3.63, 3.8) is 0 Å². The molecule has 2 amide bonds. The molecule has 2 aromatic carbocycles. The van der Waals surface area contributed by atoms with Crippen molar-refractivity contribution in [3.8, 4) is 0 Å². The van der Waals surface area contributed by atoms with Gasteiger partial charge in [0.2, 0.25) is 11.8 Å². The van der Waals surface area contributed by atoms with Gasteiger partial charge in [0.25, 0.3) is 0 Å². The molecule has 3 rings (SSSR count). The topological polar surface area (TPSA) is 53.8 Å². The highest BCUT2D eigenvalue weighted by molar-refractivity contribution is 5.88. The van der Waals surface area contributed by atoms with Crippen molar-refractivity contribution >= 4 is 11.8 Å². The molecule has 0 saturated heterocycles. The van der Waals surface area contributed by atoms with Gasteiger partial charge in [-0.1, -0.05) is 74.5 Å². The molecule has 1 atom stereocenters. The summed E-state index contributed by atoms with van der Waals surface area (Å²) >= 11 is 0. The predicted molar refractivity (Wildman–Crippen MR) is 131 cm³/mol. The van der Waals surface area contributed by atoms with Crippen molar-refractivity contribution < 1.29 is 14.0 Å². The molecule has 1 aromatic heterocycles. The Morgan fingerprint density at radius 3 is 2.15 bits per heavy atom. The van der Waals surface area contributed by atoms with Gasteiger partial charge in [-0.3, -0.25) is 9.59 Å². The summed E-state index contributed by atoms with van der Waals surface area (Å²) in [5.41, 5.74) is 2.17. The highest BCUT2D eigenvalue weighted by Crippen LogP contribution is 2.22. The average molecular weight is 447 g/mol. The Bertz CT molecular complexity index is 971. The predicted octanol–water partition coefficient (Wildman–Crippen LogP) is 5.28. The normalized spacial score (nSPS) is 11.7. The Morgan fingerprint density at radius 2 is 1.55 bits per heavy atom. The molecule has 0 radical (unpaired) electrons. The summed E-state index contributed by atoms with van der Waals surface area (Å²) in [6, 6.07) is 23.7. The summed E-state index contributed by atoms with van der Waals surface area (Å²) in [4.78, 5) is 30.4. The van der Waals surface area contributed by atoms with Gasteiger partial charge in [0, 0.05) is 13.1 Å². The molecule has 0 N–H and O–H groups in total. The van der Waals surface area contributed by atoms with Crippen LogP contribution in [0, 0.1) is 0 Å². The number of carbonyl (C=O) groups excluding carboxylic acids is 2. The van der Waals surface area contributed by atoms with Crippen LogP contribution in [0.25, 0.3) is 0 Å². The monoisotopic (exact) mass is 446 g/mol. The lowest BCUT2D eigenvalue weighted by Crippen LogP contribution is -2.45. The molecule has 0 spiro atoms. The van der Waals surface area contributed by atoms with Crippen LogP contribution in [0.4, 0.5) is 0 Å². The zero-order valence-electron chi connectivity index (χ0n) is 19.7. The molecule has 0 aliphatic rings. The fourth-order valence-electron chi connectivity index (χ4n) is 4.05. The lowest BCUT2D eigenvalue weighted by Gasteiger charge is -2.29. The summed E-state index contributed by atoms with van der Waals surface area (Å²) in [6.07, 6.45) is 3.86. The van der Waals surface area contributed by atoms with Gasteiger partial charge in [0.1, 0.15) is 5.76 Å². The number of hydrogen-bond donors (Lipinski definition) is 0. The molecule has 0 aliphatic heterocycles. The van der Waals surface area contributed by atoms with Crippen LogP contribution in [-0.4, -0.2) is 41.2 Å². The third-order valence-corrected chi connectivity index (χ3v) is 5.83. The van der Waals surface area contributed by atoms with Gasteiger partial charge in [-0.2, -0.15) is 0 Å². The van der Waals surface area contributed by atoms with Crippen LogP contribution in [0.5, 0.6) is 0 Å². The van der Waals surface area contributed by atoms with E-state index in [0.717, 1.165) is 24.2 Å². The van der Waals surface area contributed by atoms with E-state index in [1.807, 2.05) is 74.5 Å². The quantitative estimate of drug-likeness (QED) is 0.380. The molecule has 5 heteroatoms. The second-order valence-corrected chi connectivity index (χ2v) is 8.26. The molecular weight excluding hydrogens is 412 g/mol. The number of rotatable bonds is 12. The SMILES string of the molecule is CCCN(CC(=O)N(CCc1ccccc1)Cc1ccco1)C(=O)C(CC)c1ccccc1. The first-order chi connectivity index (χ1) is 16.1. The number of benzene rings is 2. The summed E-state index contributed by atoms with van der Waals surface area (Å²) in [5.74, 6) is 0.445. The minimum absolute atomic E-state index is 0.0138. The van der Waals surface area contributed by atoms with Gasteiger partial charge in [-0.25, -0.2) is 0 Å². The maximum atomic E-state index is 13.5. The van der Waals surface area contributed by atoms with Crippen molar-refractivity contribution in [2.75, 3.05) is 19.6 Å². The Labute approximate surface area is 197 Å². The molecule has 1 heterocycles. The van der Waals surface area contributed by atoms with Crippen molar-refractivity contribution in [3.05, 3.63) is 95.9 Å². The Kier molecular flexibility index (Phi) is 9.31. The van der Waals surface area contributed by atoms with E-state index in [0.29, 0.717) is 26.1 Å². The Hall–Kier alpha value is -3.34. The third kappa shape index (κ3) is 7.07. The average Bonchev–Trinajstić information content (AvgIpc) is 3.36. The van der Waals surface area contributed by atoms with Crippen LogP contribution in [0.2, 0.25) is 0 Å². The molecule has 5 nitrogen and oxygen atoms in total. The minimum atomic E-state index is -0.242. The standard InChI is InChI=1S/C28H34N2O3/c1-3-18-30(28(32)26(4-2)24-14-9-6-10-15-24)22-27(31)29(21-25-16-11-20-33-25)19-17-23-12-7-5-8-13-23/h5-16,20,26H,3-4,17-19,21-22H2,1-2H3. The van der Waals surface area contributed by atoms with E-state index in [4.69, 9.17) is 4.42 Å². The smallest absolute Gasteiger partial charge is 0.242 e. The van der Waals surface area contributed by atoms with E-state index < -0.39 is 0 Å². The lowest BCUT2D eigenvalue weighted by atomic mass is 9.95.